The second-order valence-corrected chi connectivity index (χ2v) is 6.24. The fourth-order valence-electron chi connectivity index (χ4n) is 2.91. The molecule has 0 spiro atoms. The molecule has 1 aliphatic rings. The summed E-state index contributed by atoms with van der Waals surface area (Å²) >= 11 is 3.70. The minimum Gasteiger partial charge on any atom is -0.339 e. The summed E-state index contributed by atoms with van der Waals surface area (Å²) in [6.45, 7) is 4.11. The molecule has 0 aliphatic carbocycles. The fraction of sp³-hybridized carbons (Fsp3) is 0.333. The van der Waals surface area contributed by atoms with Gasteiger partial charge < -0.3 is 9.80 Å². The number of halogens is 1. The van der Waals surface area contributed by atoms with Crippen molar-refractivity contribution in [3.63, 3.8) is 0 Å². The molecule has 0 saturated carbocycles. The van der Waals surface area contributed by atoms with E-state index in [0.717, 1.165) is 53.2 Å². The molecule has 0 radical (unpaired) electrons. The van der Waals surface area contributed by atoms with Gasteiger partial charge >= 0.3 is 0 Å². The highest BCUT2D eigenvalue weighted by Gasteiger charge is 2.20. The second kappa shape index (κ2) is 4.96. The molecule has 0 unspecified atom stereocenters. The molecule has 108 valence electrons. The minimum absolute atomic E-state index is 0.960. The van der Waals surface area contributed by atoms with E-state index in [0.29, 0.717) is 0 Å². The lowest BCUT2D eigenvalue weighted by atomic mass is 10.3. The quantitative estimate of drug-likeness (QED) is 0.678. The van der Waals surface area contributed by atoms with Gasteiger partial charge in [-0.05, 0) is 41.2 Å². The molecule has 4 heterocycles. The van der Waals surface area contributed by atoms with E-state index < -0.39 is 0 Å². The van der Waals surface area contributed by atoms with E-state index in [-0.39, 0.29) is 0 Å². The van der Waals surface area contributed by atoms with E-state index in [2.05, 4.69) is 53.2 Å². The number of aromatic nitrogens is 3. The van der Waals surface area contributed by atoms with Crippen molar-refractivity contribution in [3.8, 4) is 0 Å². The Morgan fingerprint density at radius 3 is 2.67 bits per heavy atom. The zero-order valence-electron chi connectivity index (χ0n) is 11.8. The third-order valence-corrected chi connectivity index (χ3v) is 4.94. The Kier molecular flexibility index (Phi) is 3.08. The predicted octanol–water partition coefficient (Wildman–Crippen LogP) is 2.40. The molecule has 0 bridgehead atoms. The Morgan fingerprint density at radius 2 is 1.86 bits per heavy atom. The van der Waals surface area contributed by atoms with Crippen molar-refractivity contribution >= 4 is 38.4 Å². The Labute approximate surface area is 131 Å². The summed E-state index contributed by atoms with van der Waals surface area (Å²) in [5.74, 6) is 0.981. The largest absolute Gasteiger partial charge is 0.339 e. The van der Waals surface area contributed by atoms with E-state index in [1.165, 1.54) is 0 Å². The molecule has 4 rings (SSSR count). The molecule has 0 atom stereocenters. The molecular formula is C15H16BrN5. The van der Waals surface area contributed by atoms with Crippen molar-refractivity contribution in [1.82, 2.24) is 19.3 Å². The number of fused-ring (bicyclic) bond motifs is 3. The number of hydrogen-bond acceptors (Lipinski definition) is 4. The van der Waals surface area contributed by atoms with E-state index in [9.17, 15) is 0 Å². The number of anilines is 1. The Morgan fingerprint density at radius 1 is 1.05 bits per heavy atom. The van der Waals surface area contributed by atoms with Gasteiger partial charge in [-0.15, -0.1) is 0 Å². The molecule has 6 heteroatoms. The van der Waals surface area contributed by atoms with Gasteiger partial charge in [-0.2, -0.15) is 0 Å². The molecule has 5 nitrogen and oxygen atoms in total. The zero-order chi connectivity index (χ0) is 14.4. The van der Waals surface area contributed by atoms with Crippen LogP contribution in [0.15, 0.2) is 35.1 Å². The molecule has 0 aromatic carbocycles. The number of piperazine rings is 1. The van der Waals surface area contributed by atoms with Crippen LogP contribution in [0, 0.1) is 0 Å². The molecule has 1 fully saturated rings. The lowest BCUT2D eigenvalue weighted by Crippen LogP contribution is -2.45. The Bertz CT molecular complexity index is 804. The summed E-state index contributed by atoms with van der Waals surface area (Å²) in [5, 5.41) is 1.13. The first-order valence-electron chi connectivity index (χ1n) is 7.09. The standard InChI is InChI=1S/C15H16BrN5/c1-19-7-9-20(10-8-19)15-18-6-4-12-13(16)11-3-2-5-17-14(11)21(12)15/h2-6H,7-10H2,1H3. The van der Waals surface area contributed by atoms with Crippen molar-refractivity contribution < 1.29 is 0 Å². The Hall–Kier alpha value is -1.66. The van der Waals surface area contributed by atoms with Gasteiger partial charge in [0.05, 0.1) is 9.99 Å². The molecule has 1 saturated heterocycles. The Balaban J connectivity index is 1.95. The van der Waals surface area contributed by atoms with Crippen LogP contribution in [0.3, 0.4) is 0 Å². The van der Waals surface area contributed by atoms with Gasteiger partial charge in [0.1, 0.15) is 5.65 Å². The third kappa shape index (κ3) is 2.01. The molecule has 3 aromatic heterocycles. The van der Waals surface area contributed by atoms with Crippen LogP contribution >= 0.6 is 15.9 Å². The summed E-state index contributed by atoms with van der Waals surface area (Å²) in [6.07, 6.45) is 3.72. The first-order valence-corrected chi connectivity index (χ1v) is 7.88. The monoisotopic (exact) mass is 345 g/mol. The van der Waals surface area contributed by atoms with Gasteiger partial charge in [0.15, 0.2) is 0 Å². The van der Waals surface area contributed by atoms with Crippen LogP contribution in [0.25, 0.3) is 16.6 Å². The third-order valence-electron chi connectivity index (χ3n) is 4.11. The van der Waals surface area contributed by atoms with Crippen molar-refractivity contribution in [2.24, 2.45) is 0 Å². The summed E-state index contributed by atoms with van der Waals surface area (Å²) < 4.78 is 3.24. The zero-order valence-corrected chi connectivity index (χ0v) is 13.4. The molecule has 21 heavy (non-hydrogen) atoms. The molecular weight excluding hydrogens is 330 g/mol. The summed E-state index contributed by atoms with van der Waals surface area (Å²) in [4.78, 5) is 13.9. The first kappa shape index (κ1) is 13.0. The van der Waals surface area contributed by atoms with Crippen LogP contribution in [0.4, 0.5) is 5.95 Å². The smallest absolute Gasteiger partial charge is 0.211 e. The SMILES string of the molecule is CN1CCN(c2nccc3c(Br)c4cccnc4n23)CC1. The van der Waals surface area contributed by atoms with E-state index >= 15 is 0 Å². The topological polar surface area (TPSA) is 36.7 Å². The van der Waals surface area contributed by atoms with Crippen molar-refractivity contribution in [2.45, 2.75) is 0 Å². The summed E-state index contributed by atoms with van der Waals surface area (Å²) in [5.41, 5.74) is 2.08. The van der Waals surface area contributed by atoms with Crippen LogP contribution in [-0.2, 0) is 0 Å². The average molecular weight is 346 g/mol. The highest BCUT2D eigenvalue weighted by molar-refractivity contribution is 9.10. The summed E-state index contributed by atoms with van der Waals surface area (Å²) in [7, 11) is 2.16. The highest BCUT2D eigenvalue weighted by atomic mass is 79.9. The van der Waals surface area contributed by atoms with Crippen molar-refractivity contribution in [2.75, 3.05) is 38.1 Å². The fourth-order valence-corrected chi connectivity index (χ4v) is 3.53. The molecule has 0 N–H and O–H groups in total. The summed E-state index contributed by atoms with van der Waals surface area (Å²) in [6, 6.07) is 6.09. The number of nitrogens with zero attached hydrogens (tertiary/aromatic N) is 5. The number of rotatable bonds is 1. The van der Waals surface area contributed by atoms with E-state index in [1.54, 1.807) is 0 Å². The molecule has 3 aromatic rings. The van der Waals surface area contributed by atoms with E-state index in [4.69, 9.17) is 0 Å². The maximum Gasteiger partial charge on any atom is 0.211 e. The van der Waals surface area contributed by atoms with E-state index in [1.807, 2.05) is 24.5 Å². The normalized spacial score (nSPS) is 17.0. The van der Waals surface area contributed by atoms with Crippen LogP contribution in [0.1, 0.15) is 0 Å². The van der Waals surface area contributed by atoms with Crippen molar-refractivity contribution in [3.05, 3.63) is 35.1 Å². The molecule has 0 amide bonds. The van der Waals surface area contributed by atoms with Gasteiger partial charge in [-0.25, -0.2) is 9.97 Å². The maximum atomic E-state index is 4.63. The predicted molar refractivity (Wildman–Crippen MR) is 87.9 cm³/mol. The average Bonchev–Trinajstić information content (AvgIpc) is 2.82. The van der Waals surface area contributed by atoms with Crippen LogP contribution < -0.4 is 4.90 Å². The number of likely N-dealkylation sites (N-methyl/N-ethyl adjacent to an activating group) is 1. The van der Waals surface area contributed by atoms with Crippen LogP contribution in [0.5, 0.6) is 0 Å². The second-order valence-electron chi connectivity index (χ2n) is 5.44. The van der Waals surface area contributed by atoms with Crippen molar-refractivity contribution in [1.29, 1.82) is 0 Å². The van der Waals surface area contributed by atoms with Crippen LogP contribution in [0.2, 0.25) is 0 Å². The van der Waals surface area contributed by atoms with Gasteiger partial charge in [0.2, 0.25) is 5.95 Å². The van der Waals surface area contributed by atoms with Gasteiger partial charge in [0, 0.05) is 44.0 Å². The first-order chi connectivity index (χ1) is 10.3. The highest BCUT2D eigenvalue weighted by Crippen LogP contribution is 2.32. The lowest BCUT2D eigenvalue weighted by molar-refractivity contribution is 0.311. The van der Waals surface area contributed by atoms with Gasteiger partial charge in [-0.3, -0.25) is 4.40 Å². The van der Waals surface area contributed by atoms with Crippen LogP contribution in [-0.4, -0.2) is 52.5 Å². The minimum atomic E-state index is 0.960. The van der Waals surface area contributed by atoms with Gasteiger partial charge in [-0.1, -0.05) is 0 Å². The number of hydrogen-bond donors (Lipinski definition) is 0. The lowest BCUT2D eigenvalue weighted by Gasteiger charge is -2.33. The maximum absolute atomic E-state index is 4.63. The van der Waals surface area contributed by atoms with Gasteiger partial charge in [0.25, 0.3) is 0 Å². The molecule has 1 aliphatic heterocycles. The number of pyridine rings is 1.